The summed E-state index contributed by atoms with van der Waals surface area (Å²) >= 11 is 3.20. The molecule has 0 aliphatic rings. The molecule has 0 unspecified atom stereocenters. The van der Waals surface area contributed by atoms with Crippen molar-refractivity contribution in [2.45, 2.75) is 17.9 Å². The van der Waals surface area contributed by atoms with Crippen LogP contribution in [0.4, 0.5) is 5.13 Å². The minimum atomic E-state index is 0.0663. The molecule has 0 atom stereocenters. The summed E-state index contributed by atoms with van der Waals surface area (Å²) in [6.07, 6.45) is 4.08. The summed E-state index contributed by atoms with van der Waals surface area (Å²) in [5, 5.41) is 4.96. The number of rotatable bonds is 9. The zero-order chi connectivity index (χ0) is 20.8. The summed E-state index contributed by atoms with van der Waals surface area (Å²) in [7, 11) is 1.65. The fourth-order valence-electron chi connectivity index (χ4n) is 3.01. The summed E-state index contributed by atoms with van der Waals surface area (Å²) in [6, 6.07) is 17.8. The van der Waals surface area contributed by atoms with Gasteiger partial charge in [0, 0.05) is 36.0 Å². The normalized spacial score (nSPS) is 11.0. The molecule has 2 heterocycles. The van der Waals surface area contributed by atoms with Crippen LogP contribution in [0.25, 0.3) is 10.2 Å². The molecular weight excluding hydrogens is 416 g/mol. The van der Waals surface area contributed by atoms with Gasteiger partial charge in [-0.1, -0.05) is 29.5 Å². The Morgan fingerprint density at radius 1 is 1.20 bits per heavy atom. The highest BCUT2D eigenvalue weighted by atomic mass is 32.2. The van der Waals surface area contributed by atoms with Gasteiger partial charge in [-0.2, -0.15) is 5.10 Å². The Kier molecular flexibility index (Phi) is 6.66. The first-order valence-electron chi connectivity index (χ1n) is 9.63. The van der Waals surface area contributed by atoms with Crippen molar-refractivity contribution in [2.24, 2.45) is 0 Å². The van der Waals surface area contributed by atoms with Crippen LogP contribution in [-0.4, -0.2) is 40.1 Å². The number of amides is 1. The van der Waals surface area contributed by atoms with E-state index in [2.05, 4.69) is 17.2 Å². The van der Waals surface area contributed by atoms with Gasteiger partial charge in [0.15, 0.2) is 5.13 Å². The average molecular weight is 439 g/mol. The topological polar surface area (TPSA) is 60.2 Å². The number of methoxy groups -OCH3 is 1. The molecule has 8 heteroatoms. The van der Waals surface area contributed by atoms with Crippen LogP contribution in [0.3, 0.4) is 0 Å². The summed E-state index contributed by atoms with van der Waals surface area (Å²) in [4.78, 5) is 20.8. The van der Waals surface area contributed by atoms with Crippen LogP contribution in [0.2, 0.25) is 0 Å². The molecule has 1 amide bonds. The molecule has 4 rings (SSSR count). The lowest BCUT2D eigenvalue weighted by atomic mass is 10.3. The van der Waals surface area contributed by atoms with Crippen molar-refractivity contribution >= 4 is 44.4 Å². The number of carbonyl (C=O) groups is 1. The number of aromatic nitrogens is 3. The molecule has 2 aromatic heterocycles. The number of anilines is 1. The van der Waals surface area contributed by atoms with E-state index in [9.17, 15) is 4.79 Å². The molecule has 30 heavy (non-hydrogen) atoms. The second kappa shape index (κ2) is 9.77. The average Bonchev–Trinajstić information content (AvgIpc) is 3.44. The number of hydrogen-bond donors (Lipinski definition) is 0. The Bertz CT molecular complexity index is 1100. The SMILES string of the molecule is COc1ccc2nc(N(CCn3cccn3)C(=O)CCSc3ccccc3)sc2c1. The standard InChI is InChI=1S/C22H22N4O2S2/c1-28-17-8-9-19-20(16-17)30-22(24-19)26(14-13-25-12-5-11-23-25)21(27)10-15-29-18-6-3-2-4-7-18/h2-9,11-12,16H,10,13-15H2,1H3. The van der Waals surface area contributed by atoms with Crippen molar-refractivity contribution < 1.29 is 9.53 Å². The number of fused-ring (bicyclic) bond motifs is 1. The molecule has 0 radical (unpaired) electrons. The minimum absolute atomic E-state index is 0.0663. The largest absolute Gasteiger partial charge is 0.497 e. The molecule has 0 aliphatic heterocycles. The van der Waals surface area contributed by atoms with Gasteiger partial charge >= 0.3 is 0 Å². The van der Waals surface area contributed by atoms with Crippen molar-refractivity contribution in [3.05, 3.63) is 67.0 Å². The first-order valence-corrected chi connectivity index (χ1v) is 11.4. The van der Waals surface area contributed by atoms with E-state index in [1.807, 2.05) is 53.3 Å². The molecule has 0 bridgehead atoms. The third-order valence-corrected chi connectivity index (χ3v) is 6.61. The Hall–Kier alpha value is -2.84. The van der Waals surface area contributed by atoms with Crippen LogP contribution in [0, 0.1) is 0 Å². The van der Waals surface area contributed by atoms with Crippen molar-refractivity contribution in [1.82, 2.24) is 14.8 Å². The second-order valence-electron chi connectivity index (χ2n) is 6.56. The molecular formula is C22H22N4O2S2. The Morgan fingerprint density at radius 3 is 2.83 bits per heavy atom. The van der Waals surface area contributed by atoms with Crippen LogP contribution in [0.5, 0.6) is 5.75 Å². The third kappa shape index (κ3) is 5.01. The fourth-order valence-corrected chi connectivity index (χ4v) is 4.90. The fraction of sp³-hybridized carbons (Fsp3) is 0.227. The summed E-state index contributed by atoms with van der Waals surface area (Å²) in [5.41, 5.74) is 0.867. The third-order valence-electron chi connectivity index (χ3n) is 4.56. The number of ether oxygens (including phenoxy) is 1. The number of carbonyl (C=O) groups excluding carboxylic acids is 1. The van der Waals surface area contributed by atoms with Crippen molar-refractivity contribution in [1.29, 1.82) is 0 Å². The van der Waals surface area contributed by atoms with E-state index in [1.54, 1.807) is 30.0 Å². The van der Waals surface area contributed by atoms with Gasteiger partial charge < -0.3 is 4.74 Å². The molecule has 6 nitrogen and oxygen atoms in total. The molecule has 0 aliphatic carbocycles. The lowest BCUT2D eigenvalue weighted by molar-refractivity contribution is -0.118. The van der Waals surface area contributed by atoms with E-state index >= 15 is 0 Å². The minimum Gasteiger partial charge on any atom is -0.497 e. The maximum atomic E-state index is 13.1. The van der Waals surface area contributed by atoms with Gasteiger partial charge in [0.05, 0.1) is 23.9 Å². The molecule has 0 N–H and O–H groups in total. The van der Waals surface area contributed by atoms with E-state index in [0.717, 1.165) is 21.7 Å². The number of thiazole rings is 1. The van der Waals surface area contributed by atoms with Crippen LogP contribution in [0.1, 0.15) is 6.42 Å². The molecule has 0 spiro atoms. The van der Waals surface area contributed by atoms with E-state index in [1.165, 1.54) is 16.2 Å². The predicted molar refractivity (Wildman–Crippen MR) is 123 cm³/mol. The highest BCUT2D eigenvalue weighted by Gasteiger charge is 2.20. The number of benzene rings is 2. The van der Waals surface area contributed by atoms with Gasteiger partial charge in [-0.05, 0) is 36.4 Å². The van der Waals surface area contributed by atoms with E-state index in [0.29, 0.717) is 24.6 Å². The van der Waals surface area contributed by atoms with Crippen molar-refractivity contribution in [3.63, 3.8) is 0 Å². The van der Waals surface area contributed by atoms with Gasteiger partial charge in [0.2, 0.25) is 5.91 Å². The van der Waals surface area contributed by atoms with Crippen LogP contribution in [0.15, 0.2) is 71.9 Å². The first kappa shape index (κ1) is 20.4. The van der Waals surface area contributed by atoms with E-state index in [4.69, 9.17) is 9.72 Å². The zero-order valence-corrected chi connectivity index (χ0v) is 18.2. The molecule has 4 aromatic rings. The maximum absolute atomic E-state index is 13.1. The monoisotopic (exact) mass is 438 g/mol. The van der Waals surface area contributed by atoms with E-state index < -0.39 is 0 Å². The highest BCUT2D eigenvalue weighted by molar-refractivity contribution is 7.99. The van der Waals surface area contributed by atoms with Crippen LogP contribution < -0.4 is 9.64 Å². The predicted octanol–water partition coefficient (Wildman–Crippen LogP) is 4.72. The van der Waals surface area contributed by atoms with Crippen LogP contribution in [-0.2, 0) is 11.3 Å². The smallest absolute Gasteiger partial charge is 0.229 e. The first-order chi connectivity index (χ1) is 14.7. The lowest BCUT2D eigenvalue weighted by Gasteiger charge is -2.20. The maximum Gasteiger partial charge on any atom is 0.229 e. The highest BCUT2D eigenvalue weighted by Crippen LogP contribution is 2.32. The molecule has 0 saturated heterocycles. The van der Waals surface area contributed by atoms with Gasteiger partial charge in [0.1, 0.15) is 5.75 Å². The summed E-state index contributed by atoms with van der Waals surface area (Å²) in [5.74, 6) is 1.57. The van der Waals surface area contributed by atoms with E-state index in [-0.39, 0.29) is 5.91 Å². The van der Waals surface area contributed by atoms with Crippen molar-refractivity contribution in [3.8, 4) is 5.75 Å². The zero-order valence-electron chi connectivity index (χ0n) is 16.6. The quantitative estimate of drug-likeness (QED) is 0.354. The number of hydrogen-bond acceptors (Lipinski definition) is 6. The van der Waals surface area contributed by atoms with Gasteiger partial charge in [0.25, 0.3) is 0 Å². The summed E-state index contributed by atoms with van der Waals surface area (Å²) in [6.45, 7) is 1.14. The number of thioether (sulfide) groups is 1. The van der Waals surface area contributed by atoms with Gasteiger partial charge in [-0.25, -0.2) is 4.98 Å². The molecule has 2 aromatic carbocycles. The number of nitrogens with zero attached hydrogens (tertiary/aromatic N) is 4. The molecule has 0 saturated carbocycles. The Labute approximate surface area is 183 Å². The Morgan fingerprint density at radius 2 is 2.07 bits per heavy atom. The molecule has 0 fully saturated rings. The summed E-state index contributed by atoms with van der Waals surface area (Å²) < 4.78 is 8.14. The Balaban J connectivity index is 1.50. The van der Waals surface area contributed by atoms with Gasteiger partial charge in [-0.15, -0.1) is 11.8 Å². The second-order valence-corrected chi connectivity index (χ2v) is 8.73. The van der Waals surface area contributed by atoms with Crippen molar-refractivity contribution in [2.75, 3.05) is 24.3 Å². The lowest BCUT2D eigenvalue weighted by Crippen LogP contribution is -2.34. The van der Waals surface area contributed by atoms with Gasteiger partial charge in [-0.3, -0.25) is 14.4 Å². The molecule has 154 valence electrons. The van der Waals surface area contributed by atoms with Crippen LogP contribution >= 0.6 is 23.1 Å².